The molecule has 0 spiro atoms. The van der Waals surface area contributed by atoms with Crippen LogP contribution in [0.3, 0.4) is 0 Å². The van der Waals surface area contributed by atoms with Crippen LogP contribution >= 0.6 is 11.6 Å². The Bertz CT molecular complexity index is 933. The second-order valence-corrected chi connectivity index (χ2v) is 8.58. The molecule has 0 radical (unpaired) electrons. The van der Waals surface area contributed by atoms with Crippen LogP contribution in [-0.2, 0) is 24.2 Å². The lowest BCUT2D eigenvalue weighted by atomic mass is 9.95. The van der Waals surface area contributed by atoms with E-state index in [1.54, 1.807) is 0 Å². The molecule has 29 heavy (non-hydrogen) atoms. The molecule has 0 unspecified atom stereocenters. The third kappa shape index (κ3) is 4.70. The molecule has 1 N–H and O–H groups in total. The summed E-state index contributed by atoms with van der Waals surface area (Å²) >= 11 is 5.91. The molecular weight excluding hydrogens is 388 g/mol. The Hall–Kier alpha value is -2.18. The normalized spacial score (nSPS) is 17.9. The van der Waals surface area contributed by atoms with Crippen molar-refractivity contribution in [2.45, 2.75) is 44.6 Å². The van der Waals surface area contributed by atoms with Crippen molar-refractivity contribution in [2.75, 3.05) is 26.7 Å². The topological polar surface area (TPSA) is 69.3 Å². The largest absolute Gasteiger partial charge is 0.343 e. The van der Waals surface area contributed by atoms with Crippen molar-refractivity contribution in [2.24, 2.45) is 0 Å². The number of hydrogen-bond donors (Lipinski definition) is 1. The highest BCUT2D eigenvalue weighted by Crippen LogP contribution is 2.26. The number of benzene rings is 1. The number of amides is 1. The number of hydrogen-bond acceptors (Lipinski definition) is 4. The molecule has 0 atom stereocenters. The Morgan fingerprint density at radius 2 is 1.93 bits per heavy atom. The fourth-order valence-electron chi connectivity index (χ4n) is 4.24. The predicted octanol–water partition coefficient (Wildman–Crippen LogP) is 2.75. The Kier molecular flexibility index (Phi) is 6.01. The summed E-state index contributed by atoms with van der Waals surface area (Å²) in [6, 6.07) is 7.66. The summed E-state index contributed by atoms with van der Waals surface area (Å²) in [4.78, 5) is 37.0. The number of aryl methyl sites for hydroxylation is 1. The summed E-state index contributed by atoms with van der Waals surface area (Å²) in [5, 5.41) is 0.711. The van der Waals surface area contributed by atoms with Gasteiger partial charge in [0.2, 0.25) is 5.91 Å². The molecule has 3 heterocycles. The molecule has 2 aliphatic rings. The Morgan fingerprint density at radius 3 is 2.66 bits per heavy atom. The maximum absolute atomic E-state index is 12.6. The van der Waals surface area contributed by atoms with Crippen LogP contribution < -0.4 is 5.56 Å². The number of fused-ring (bicyclic) bond motifs is 1. The maximum atomic E-state index is 12.6. The summed E-state index contributed by atoms with van der Waals surface area (Å²) < 4.78 is 0. The highest BCUT2D eigenvalue weighted by atomic mass is 35.5. The first-order valence-corrected chi connectivity index (χ1v) is 10.7. The second-order valence-electron chi connectivity index (χ2n) is 8.15. The zero-order chi connectivity index (χ0) is 20.4. The Morgan fingerprint density at radius 1 is 1.21 bits per heavy atom. The quantitative estimate of drug-likeness (QED) is 0.835. The third-order valence-electron chi connectivity index (χ3n) is 6.05. The molecule has 1 aromatic heterocycles. The van der Waals surface area contributed by atoms with Crippen LogP contribution in [-0.4, -0.2) is 52.4 Å². The highest BCUT2D eigenvalue weighted by Gasteiger charge is 2.27. The first-order valence-electron chi connectivity index (χ1n) is 10.3. The average molecular weight is 415 g/mol. The van der Waals surface area contributed by atoms with Gasteiger partial charge in [0.25, 0.3) is 5.56 Å². The summed E-state index contributed by atoms with van der Waals surface area (Å²) in [5.41, 5.74) is 2.87. The number of nitrogens with one attached hydrogen (secondary N) is 1. The van der Waals surface area contributed by atoms with Gasteiger partial charge in [0, 0.05) is 50.0 Å². The van der Waals surface area contributed by atoms with Gasteiger partial charge in [-0.25, -0.2) is 4.98 Å². The number of halogens is 1. The van der Waals surface area contributed by atoms with Gasteiger partial charge >= 0.3 is 0 Å². The van der Waals surface area contributed by atoms with Crippen molar-refractivity contribution in [1.82, 2.24) is 19.8 Å². The van der Waals surface area contributed by atoms with Gasteiger partial charge in [-0.3, -0.25) is 9.59 Å². The van der Waals surface area contributed by atoms with E-state index in [-0.39, 0.29) is 17.4 Å². The van der Waals surface area contributed by atoms with Gasteiger partial charge in [0.05, 0.1) is 11.3 Å². The van der Waals surface area contributed by atoms with Crippen molar-refractivity contribution < 1.29 is 4.79 Å². The van der Waals surface area contributed by atoms with Crippen LogP contribution in [0.15, 0.2) is 29.1 Å². The van der Waals surface area contributed by atoms with Crippen LogP contribution in [0.1, 0.15) is 47.8 Å². The van der Waals surface area contributed by atoms with Crippen molar-refractivity contribution in [3.05, 3.63) is 62.3 Å². The number of carbonyl (C=O) groups is 1. The first-order chi connectivity index (χ1) is 14.0. The lowest BCUT2D eigenvalue weighted by Crippen LogP contribution is -2.39. The zero-order valence-electron chi connectivity index (χ0n) is 16.8. The van der Waals surface area contributed by atoms with E-state index in [0.29, 0.717) is 31.1 Å². The molecule has 1 aromatic carbocycles. The third-order valence-corrected chi connectivity index (χ3v) is 6.30. The molecule has 0 bridgehead atoms. The van der Waals surface area contributed by atoms with E-state index in [2.05, 4.69) is 9.88 Å². The molecule has 1 saturated heterocycles. The minimum atomic E-state index is -0.00183. The van der Waals surface area contributed by atoms with E-state index < -0.39 is 0 Å². The molecule has 4 rings (SSSR count). The molecule has 2 aliphatic heterocycles. The van der Waals surface area contributed by atoms with Crippen LogP contribution in [0, 0.1) is 0 Å². The molecule has 0 saturated carbocycles. The van der Waals surface area contributed by atoms with Crippen LogP contribution in [0.4, 0.5) is 0 Å². The highest BCUT2D eigenvalue weighted by molar-refractivity contribution is 6.30. The van der Waals surface area contributed by atoms with E-state index in [0.717, 1.165) is 54.9 Å². The lowest BCUT2D eigenvalue weighted by Gasteiger charge is -2.32. The number of aromatic nitrogens is 2. The number of carbonyl (C=O) groups excluding carboxylic acids is 1. The predicted molar refractivity (Wildman–Crippen MR) is 113 cm³/mol. The molecule has 2 aromatic rings. The Balaban J connectivity index is 1.33. The Labute approximate surface area is 175 Å². The fourth-order valence-corrected chi connectivity index (χ4v) is 4.36. The van der Waals surface area contributed by atoms with E-state index in [1.165, 1.54) is 0 Å². The molecule has 0 aliphatic carbocycles. The zero-order valence-corrected chi connectivity index (χ0v) is 17.5. The van der Waals surface area contributed by atoms with Crippen molar-refractivity contribution in [3.63, 3.8) is 0 Å². The second kappa shape index (κ2) is 8.67. The number of likely N-dealkylation sites (tertiary alicyclic amines) is 1. The van der Waals surface area contributed by atoms with Gasteiger partial charge in [-0.05, 0) is 44.0 Å². The van der Waals surface area contributed by atoms with E-state index in [4.69, 9.17) is 16.6 Å². The van der Waals surface area contributed by atoms with Crippen LogP contribution in [0.5, 0.6) is 0 Å². The number of aromatic amines is 1. The smallest absolute Gasteiger partial charge is 0.255 e. The van der Waals surface area contributed by atoms with Gasteiger partial charge in [-0.2, -0.15) is 0 Å². The number of piperidine rings is 1. The molecule has 1 fully saturated rings. The lowest BCUT2D eigenvalue weighted by molar-refractivity contribution is -0.132. The van der Waals surface area contributed by atoms with Gasteiger partial charge in [-0.1, -0.05) is 23.7 Å². The van der Waals surface area contributed by atoms with Gasteiger partial charge < -0.3 is 14.8 Å². The molecule has 154 valence electrons. The monoisotopic (exact) mass is 414 g/mol. The van der Waals surface area contributed by atoms with E-state index >= 15 is 0 Å². The summed E-state index contributed by atoms with van der Waals surface area (Å²) in [7, 11) is 2.02. The number of nitrogens with zero attached hydrogens (tertiary/aromatic N) is 3. The van der Waals surface area contributed by atoms with Gasteiger partial charge in [0.15, 0.2) is 0 Å². The standard InChI is InChI=1S/C22H27ClN4O2/c1-26-11-10-19-18(14-26)22(29)25-21(24-19)16-8-12-27(13-9-16)20(28)7-4-15-2-5-17(23)6-3-15/h2-3,5-6,16H,4,7-14H2,1H3,(H,24,25,29). The number of likely N-dealkylation sites (N-methyl/N-ethyl adjacent to an activating group) is 1. The maximum Gasteiger partial charge on any atom is 0.255 e. The molecule has 1 amide bonds. The van der Waals surface area contributed by atoms with E-state index in [9.17, 15) is 9.59 Å². The summed E-state index contributed by atoms with van der Waals surface area (Å²) in [6.07, 6.45) is 3.74. The van der Waals surface area contributed by atoms with Gasteiger partial charge in [-0.15, -0.1) is 0 Å². The molecule has 7 heteroatoms. The fraction of sp³-hybridized carbons (Fsp3) is 0.500. The van der Waals surface area contributed by atoms with Crippen molar-refractivity contribution in [1.29, 1.82) is 0 Å². The SMILES string of the molecule is CN1CCc2nc(C3CCN(C(=O)CCc4ccc(Cl)cc4)CC3)[nH]c(=O)c2C1. The van der Waals surface area contributed by atoms with Crippen molar-refractivity contribution >= 4 is 17.5 Å². The van der Waals surface area contributed by atoms with Crippen molar-refractivity contribution in [3.8, 4) is 0 Å². The first kappa shape index (κ1) is 20.1. The average Bonchev–Trinajstić information content (AvgIpc) is 2.73. The molecule has 6 nitrogen and oxygen atoms in total. The summed E-state index contributed by atoms with van der Waals surface area (Å²) in [5.74, 6) is 1.20. The van der Waals surface area contributed by atoms with Gasteiger partial charge in [0.1, 0.15) is 5.82 Å². The van der Waals surface area contributed by atoms with Crippen LogP contribution in [0.2, 0.25) is 5.02 Å². The van der Waals surface area contributed by atoms with Crippen LogP contribution in [0.25, 0.3) is 0 Å². The van der Waals surface area contributed by atoms with E-state index in [1.807, 2.05) is 36.2 Å². The number of rotatable bonds is 4. The minimum absolute atomic E-state index is 0.00183. The minimum Gasteiger partial charge on any atom is -0.343 e. The number of H-pyrrole nitrogens is 1. The molecular formula is C22H27ClN4O2. The summed E-state index contributed by atoms with van der Waals surface area (Å²) in [6.45, 7) is 3.03.